The van der Waals surface area contributed by atoms with E-state index in [-0.39, 0.29) is 24.1 Å². The van der Waals surface area contributed by atoms with Crippen LogP contribution in [-0.4, -0.2) is 26.3 Å². The van der Waals surface area contributed by atoms with Gasteiger partial charge in [-0.05, 0) is 19.8 Å². The molecule has 0 unspecified atom stereocenters. The summed E-state index contributed by atoms with van der Waals surface area (Å²) in [5.74, 6) is 0.599. The summed E-state index contributed by atoms with van der Waals surface area (Å²) < 4.78 is 8.84. The van der Waals surface area contributed by atoms with Crippen molar-refractivity contribution >= 4 is 27.9 Å². The van der Waals surface area contributed by atoms with E-state index in [1.54, 1.807) is 12.3 Å². The fraction of sp³-hybridized carbons (Fsp3) is 0.421. The number of aryl methyl sites for hydroxylation is 1. The van der Waals surface area contributed by atoms with E-state index < -0.39 is 0 Å². The summed E-state index contributed by atoms with van der Waals surface area (Å²) in [4.78, 5) is 25.3. The Hall–Kier alpha value is -2.83. The Kier molecular flexibility index (Phi) is 4.14. The number of allylic oxidation sites excluding steroid dienone is 1. The molecule has 0 saturated heterocycles. The topological polar surface area (TPSA) is 82.1 Å². The average Bonchev–Trinajstić information content (AvgIpc) is 3.29. The van der Waals surface area contributed by atoms with Crippen molar-refractivity contribution in [2.24, 2.45) is 0 Å². The molecule has 4 rings (SSSR count). The fourth-order valence-corrected chi connectivity index (χ4v) is 3.83. The van der Waals surface area contributed by atoms with E-state index in [0.29, 0.717) is 23.0 Å². The lowest BCUT2D eigenvalue weighted by molar-refractivity contribution is -0.122. The summed E-state index contributed by atoms with van der Waals surface area (Å²) in [7, 11) is 0. The molecule has 7 nitrogen and oxygen atoms in total. The summed E-state index contributed by atoms with van der Waals surface area (Å²) in [6.07, 6.45) is 7.63. The Morgan fingerprint density at radius 3 is 2.96 bits per heavy atom. The number of furan rings is 1. The summed E-state index contributed by atoms with van der Waals surface area (Å²) in [5, 5.41) is 7.85. The zero-order valence-corrected chi connectivity index (χ0v) is 14.8. The van der Waals surface area contributed by atoms with Gasteiger partial charge in [-0.3, -0.25) is 9.59 Å². The number of rotatable bonds is 5. The van der Waals surface area contributed by atoms with Gasteiger partial charge in [-0.1, -0.05) is 18.9 Å². The molecule has 3 aromatic heterocycles. The summed E-state index contributed by atoms with van der Waals surface area (Å²) >= 11 is 0. The second kappa shape index (κ2) is 6.48. The Morgan fingerprint density at radius 1 is 1.46 bits per heavy atom. The van der Waals surface area contributed by atoms with Gasteiger partial charge in [0.1, 0.15) is 17.8 Å². The molecule has 1 saturated carbocycles. The summed E-state index contributed by atoms with van der Waals surface area (Å²) in [6.45, 7) is 6.04. The Bertz CT molecular complexity index is 1050. The molecule has 0 spiro atoms. The van der Waals surface area contributed by atoms with E-state index in [4.69, 9.17) is 4.42 Å². The molecule has 3 heterocycles. The van der Waals surface area contributed by atoms with Gasteiger partial charge in [0.05, 0.1) is 17.1 Å². The molecule has 0 aromatic carbocycles. The van der Waals surface area contributed by atoms with E-state index in [9.17, 15) is 9.59 Å². The quantitative estimate of drug-likeness (QED) is 0.714. The molecule has 0 bridgehead atoms. The Morgan fingerprint density at radius 2 is 2.23 bits per heavy atom. The second-order valence-electron chi connectivity index (χ2n) is 6.89. The number of nitrogens with zero attached hydrogens (tertiary/aromatic N) is 3. The number of hydrogen-bond donors (Lipinski definition) is 1. The van der Waals surface area contributed by atoms with E-state index >= 15 is 0 Å². The van der Waals surface area contributed by atoms with Crippen LogP contribution in [0.3, 0.4) is 0 Å². The third-order valence-electron chi connectivity index (χ3n) is 4.98. The zero-order chi connectivity index (χ0) is 18.3. The number of amides is 1. The van der Waals surface area contributed by atoms with Crippen LogP contribution in [0.15, 0.2) is 34.1 Å². The van der Waals surface area contributed by atoms with E-state index in [1.807, 2.05) is 17.6 Å². The van der Waals surface area contributed by atoms with Gasteiger partial charge in [0.2, 0.25) is 5.91 Å². The van der Waals surface area contributed by atoms with Crippen LogP contribution in [0, 0.1) is 6.92 Å². The molecule has 0 aliphatic heterocycles. The van der Waals surface area contributed by atoms with Crippen molar-refractivity contribution in [3.05, 3.63) is 41.0 Å². The molecule has 1 aliphatic rings. The highest BCUT2D eigenvalue weighted by molar-refractivity contribution is 6.04. The SMILES string of the molecule is C=CCn1c2cc(C)oc2c2cnn(CC(=O)NC3CCCC3)c(=O)c21. The van der Waals surface area contributed by atoms with Gasteiger partial charge in [0, 0.05) is 18.7 Å². The monoisotopic (exact) mass is 354 g/mol. The maximum absolute atomic E-state index is 13.0. The minimum atomic E-state index is -0.296. The molecule has 136 valence electrons. The second-order valence-corrected chi connectivity index (χ2v) is 6.89. The Balaban J connectivity index is 1.74. The van der Waals surface area contributed by atoms with Gasteiger partial charge in [0.25, 0.3) is 5.56 Å². The van der Waals surface area contributed by atoms with Gasteiger partial charge in [-0.25, -0.2) is 4.68 Å². The van der Waals surface area contributed by atoms with Crippen molar-refractivity contribution in [3.8, 4) is 0 Å². The highest BCUT2D eigenvalue weighted by Crippen LogP contribution is 2.29. The highest BCUT2D eigenvalue weighted by Gasteiger charge is 2.21. The molecule has 26 heavy (non-hydrogen) atoms. The van der Waals surface area contributed by atoms with E-state index in [0.717, 1.165) is 37.0 Å². The van der Waals surface area contributed by atoms with Crippen molar-refractivity contribution in [1.82, 2.24) is 19.7 Å². The normalized spacial score (nSPS) is 15.1. The van der Waals surface area contributed by atoms with E-state index in [2.05, 4.69) is 17.0 Å². The first-order valence-corrected chi connectivity index (χ1v) is 8.97. The number of carbonyl (C=O) groups is 1. The Labute approximate surface area is 150 Å². The minimum absolute atomic E-state index is 0.0784. The first-order chi connectivity index (χ1) is 12.6. The van der Waals surface area contributed by atoms with Crippen LogP contribution in [0.25, 0.3) is 22.0 Å². The molecule has 3 aromatic rings. The van der Waals surface area contributed by atoms with Crippen LogP contribution >= 0.6 is 0 Å². The summed E-state index contributed by atoms with van der Waals surface area (Å²) in [6, 6.07) is 2.12. The molecule has 1 aliphatic carbocycles. The average molecular weight is 354 g/mol. The van der Waals surface area contributed by atoms with Crippen LogP contribution in [0.4, 0.5) is 0 Å². The summed E-state index contributed by atoms with van der Waals surface area (Å²) in [5.41, 5.74) is 1.67. The standard InChI is InChI=1S/C19H22N4O3/c1-3-8-22-15-9-12(2)26-18(15)14-10-20-23(19(25)17(14)22)11-16(24)21-13-6-4-5-7-13/h3,9-10,13H,1,4-8,11H2,2H3,(H,21,24). The van der Waals surface area contributed by atoms with Gasteiger partial charge in [-0.15, -0.1) is 6.58 Å². The smallest absolute Gasteiger partial charge is 0.291 e. The van der Waals surface area contributed by atoms with Crippen molar-refractivity contribution in [3.63, 3.8) is 0 Å². The van der Waals surface area contributed by atoms with Crippen LogP contribution in [0.2, 0.25) is 0 Å². The first kappa shape index (κ1) is 16.6. The fourth-order valence-electron chi connectivity index (χ4n) is 3.83. The van der Waals surface area contributed by atoms with Gasteiger partial charge < -0.3 is 14.3 Å². The lowest BCUT2D eigenvalue weighted by Gasteiger charge is -2.12. The minimum Gasteiger partial charge on any atom is -0.459 e. The maximum atomic E-state index is 13.0. The predicted octanol–water partition coefficient (Wildman–Crippen LogP) is 2.50. The molecular weight excluding hydrogens is 332 g/mol. The predicted molar refractivity (Wildman–Crippen MR) is 99.1 cm³/mol. The third kappa shape index (κ3) is 2.73. The molecule has 7 heteroatoms. The van der Waals surface area contributed by atoms with Crippen molar-refractivity contribution in [2.75, 3.05) is 0 Å². The number of nitrogens with one attached hydrogen (secondary N) is 1. The largest absolute Gasteiger partial charge is 0.459 e. The lowest BCUT2D eigenvalue weighted by Crippen LogP contribution is -2.38. The molecule has 1 fully saturated rings. The van der Waals surface area contributed by atoms with Crippen LogP contribution in [0.1, 0.15) is 31.4 Å². The van der Waals surface area contributed by atoms with Crippen molar-refractivity contribution in [1.29, 1.82) is 0 Å². The van der Waals surface area contributed by atoms with Gasteiger partial charge in [-0.2, -0.15) is 5.10 Å². The van der Waals surface area contributed by atoms with Crippen LogP contribution < -0.4 is 10.9 Å². The first-order valence-electron chi connectivity index (χ1n) is 8.97. The van der Waals surface area contributed by atoms with Crippen molar-refractivity contribution in [2.45, 2.75) is 51.7 Å². The van der Waals surface area contributed by atoms with Crippen LogP contribution in [-0.2, 0) is 17.9 Å². The van der Waals surface area contributed by atoms with Gasteiger partial charge in [0.15, 0.2) is 5.58 Å². The third-order valence-corrected chi connectivity index (χ3v) is 4.98. The number of fused-ring (bicyclic) bond motifs is 3. The molecule has 0 atom stereocenters. The lowest BCUT2D eigenvalue weighted by atomic mass is 10.2. The number of hydrogen-bond acceptors (Lipinski definition) is 4. The maximum Gasteiger partial charge on any atom is 0.291 e. The molecule has 1 amide bonds. The molecule has 1 N–H and O–H groups in total. The number of carbonyl (C=O) groups excluding carboxylic acids is 1. The van der Waals surface area contributed by atoms with Gasteiger partial charge >= 0.3 is 0 Å². The molecular formula is C19H22N4O3. The van der Waals surface area contributed by atoms with E-state index in [1.165, 1.54) is 4.68 Å². The number of aromatic nitrogens is 3. The van der Waals surface area contributed by atoms with Crippen LogP contribution in [0.5, 0.6) is 0 Å². The zero-order valence-electron chi connectivity index (χ0n) is 14.8. The highest BCUT2D eigenvalue weighted by atomic mass is 16.3. The molecule has 0 radical (unpaired) electrons. The van der Waals surface area contributed by atoms with Crippen molar-refractivity contribution < 1.29 is 9.21 Å².